The molecule has 19 heavy (non-hydrogen) atoms. The molecule has 0 bridgehead atoms. The van der Waals surface area contributed by atoms with Crippen LogP contribution in [0.15, 0.2) is 36.2 Å². The zero-order valence-corrected chi connectivity index (χ0v) is 11.8. The van der Waals surface area contributed by atoms with Gasteiger partial charge in [0.1, 0.15) is 0 Å². The van der Waals surface area contributed by atoms with Crippen LogP contribution in [-0.2, 0) is 0 Å². The molecule has 1 atom stereocenters. The molecule has 1 N–H and O–H groups in total. The molecular weight excluding hydrogens is 256 g/mol. The van der Waals surface area contributed by atoms with E-state index in [4.69, 9.17) is 0 Å². The van der Waals surface area contributed by atoms with Gasteiger partial charge in [0, 0.05) is 22.8 Å². The van der Waals surface area contributed by atoms with E-state index in [9.17, 15) is 0 Å². The molecule has 5 heteroatoms. The predicted octanol–water partition coefficient (Wildman–Crippen LogP) is 2.80. The van der Waals surface area contributed by atoms with Gasteiger partial charge in [-0.3, -0.25) is 4.98 Å². The van der Waals surface area contributed by atoms with Crippen LogP contribution in [0.1, 0.15) is 29.0 Å². The minimum atomic E-state index is 0.177. The van der Waals surface area contributed by atoms with Crippen molar-refractivity contribution in [2.45, 2.75) is 19.9 Å². The molecule has 0 aliphatic heterocycles. The number of hydrogen-bond acceptors (Lipinski definition) is 4. The lowest BCUT2D eigenvalue weighted by Crippen LogP contribution is -2.21. The summed E-state index contributed by atoms with van der Waals surface area (Å²) < 4.78 is 1.87. The Labute approximate surface area is 116 Å². The van der Waals surface area contributed by atoms with Gasteiger partial charge in [-0.25, -0.2) is 4.52 Å². The molecule has 0 saturated heterocycles. The Balaban J connectivity index is 2.09. The fraction of sp³-hybridized carbons (Fsp3) is 0.286. The molecule has 0 spiro atoms. The van der Waals surface area contributed by atoms with E-state index in [1.54, 1.807) is 17.5 Å². The number of fused-ring (bicyclic) bond motifs is 1. The second-order valence-corrected chi connectivity index (χ2v) is 5.60. The molecule has 3 aromatic rings. The van der Waals surface area contributed by atoms with Crippen LogP contribution in [0.2, 0.25) is 0 Å². The molecule has 3 rings (SSSR count). The Morgan fingerprint density at radius 2 is 2.32 bits per heavy atom. The lowest BCUT2D eigenvalue weighted by molar-refractivity contribution is 0.635. The summed E-state index contributed by atoms with van der Waals surface area (Å²) >= 11 is 1.78. The van der Waals surface area contributed by atoms with E-state index in [-0.39, 0.29) is 6.04 Å². The molecular formula is C14H16N4S. The first-order valence-corrected chi connectivity index (χ1v) is 7.23. The first-order valence-electron chi connectivity index (χ1n) is 6.35. The Bertz CT molecular complexity index is 685. The van der Waals surface area contributed by atoms with Crippen molar-refractivity contribution in [1.29, 1.82) is 0 Å². The number of nitrogens with one attached hydrogen (secondary N) is 1. The summed E-state index contributed by atoms with van der Waals surface area (Å²) in [5.74, 6) is 0. The third kappa shape index (κ3) is 2.27. The topological polar surface area (TPSA) is 42.2 Å². The molecule has 98 valence electrons. The average molecular weight is 272 g/mol. The molecule has 0 aliphatic rings. The lowest BCUT2D eigenvalue weighted by atomic mass is 10.0. The van der Waals surface area contributed by atoms with Crippen molar-refractivity contribution in [3.8, 4) is 0 Å². The van der Waals surface area contributed by atoms with Crippen molar-refractivity contribution in [1.82, 2.24) is 19.9 Å². The van der Waals surface area contributed by atoms with Crippen molar-refractivity contribution in [3.05, 3.63) is 52.2 Å². The standard InChI is InChI=1S/C14H16N4S/c1-3-16-14(11-6-10(2)19-9-11)12-7-17-18-5-4-15-8-13(12)18/h4-9,14,16H,3H2,1-2H3. The fourth-order valence-electron chi connectivity index (χ4n) is 2.30. The first-order chi connectivity index (χ1) is 9.29. The van der Waals surface area contributed by atoms with Gasteiger partial charge in [-0.05, 0) is 30.5 Å². The Hall–Kier alpha value is -1.72. The van der Waals surface area contributed by atoms with Gasteiger partial charge >= 0.3 is 0 Å². The van der Waals surface area contributed by atoms with Crippen LogP contribution < -0.4 is 5.32 Å². The number of hydrogen-bond donors (Lipinski definition) is 1. The van der Waals surface area contributed by atoms with Crippen LogP contribution in [-0.4, -0.2) is 21.1 Å². The monoisotopic (exact) mass is 272 g/mol. The zero-order chi connectivity index (χ0) is 13.2. The van der Waals surface area contributed by atoms with E-state index >= 15 is 0 Å². The largest absolute Gasteiger partial charge is 0.306 e. The van der Waals surface area contributed by atoms with E-state index in [1.807, 2.05) is 23.1 Å². The Kier molecular flexibility index (Phi) is 3.31. The van der Waals surface area contributed by atoms with E-state index in [1.165, 1.54) is 16.0 Å². The van der Waals surface area contributed by atoms with Gasteiger partial charge in [-0.15, -0.1) is 11.3 Å². The number of aromatic nitrogens is 3. The van der Waals surface area contributed by atoms with Crippen molar-refractivity contribution in [3.63, 3.8) is 0 Å². The van der Waals surface area contributed by atoms with Crippen molar-refractivity contribution in [2.75, 3.05) is 6.54 Å². The molecule has 4 nitrogen and oxygen atoms in total. The predicted molar refractivity (Wildman–Crippen MR) is 77.6 cm³/mol. The minimum absolute atomic E-state index is 0.177. The molecule has 1 unspecified atom stereocenters. The highest BCUT2D eigenvalue weighted by atomic mass is 32.1. The SMILES string of the molecule is CCNC(c1csc(C)c1)c1cnn2ccncc12. The Morgan fingerprint density at radius 1 is 1.42 bits per heavy atom. The maximum Gasteiger partial charge on any atom is 0.0896 e. The molecule has 3 aromatic heterocycles. The van der Waals surface area contributed by atoms with Gasteiger partial charge in [-0.2, -0.15) is 5.10 Å². The van der Waals surface area contributed by atoms with Crippen LogP contribution >= 0.6 is 11.3 Å². The molecule has 0 fully saturated rings. The van der Waals surface area contributed by atoms with Crippen molar-refractivity contribution >= 4 is 16.9 Å². The zero-order valence-electron chi connectivity index (χ0n) is 11.0. The van der Waals surface area contributed by atoms with Crippen LogP contribution in [0.25, 0.3) is 5.52 Å². The third-order valence-corrected chi connectivity index (χ3v) is 4.04. The van der Waals surface area contributed by atoms with E-state index in [2.05, 4.69) is 40.7 Å². The second-order valence-electron chi connectivity index (χ2n) is 4.49. The summed E-state index contributed by atoms with van der Waals surface area (Å²) in [5, 5.41) is 10.1. The highest BCUT2D eigenvalue weighted by Gasteiger charge is 2.18. The smallest absolute Gasteiger partial charge is 0.0896 e. The molecule has 0 radical (unpaired) electrons. The van der Waals surface area contributed by atoms with Crippen LogP contribution in [0.5, 0.6) is 0 Å². The number of aryl methyl sites for hydroxylation is 1. The number of rotatable bonds is 4. The second kappa shape index (κ2) is 5.11. The lowest BCUT2D eigenvalue weighted by Gasteiger charge is -2.15. The van der Waals surface area contributed by atoms with E-state index in [0.717, 1.165) is 12.1 Å². The first kappa shape index (κ1) is 12.3. The average Bonchev–Trinajstić information content (AvgIpc) is 3.03. The Morgan fingerprint density at radius 3 is 3.05 bits per heavy atom. The molecule has 0 aliphatic carbocycles. The summed E-state index contributed by atoms with van der Waals surface area (Å²) in [6.07, 6.45) is 7.42. The van der Waals surface area contributed by atoms with E-state index < -0.39 is 0 Å². The van der Waals surface area contributed by atoms with Gasteiger partial charge in [0.2, 0.25) is 0 Å². The molecule has 0 aromatic carbocycles. The molecule has 0 amide bonds. The fourth-order valence-corrected chi connectivity index (χ4v) is 3.03. The summed E-state index contributed by atoms with van der Waals surface area (Å²) in [7, 11) is 0. The highest BCUT2D eigenvalue weighted by Crippen LogP contribution is 2.28. The summed E-state index contributed by atoms with van der Waals surface area (Å²) in [4.78, 5) is 5.53. The minimum Gasteiger partial charge on any atom is -0.306 e. The maximum absolute atomic E-state index is 4.39. The van der Waals surface area contributed by atoms with Gasteiger partial charge < -0.3 is 5.32 Å². The highest BCUT2D eigenvalue weighted by molar-refractivity contribution is 7.10. The van der Waals surface area contributed by atoms with E-state index in [0.29, 0.717) is 0 Å². The van der Waals surface area contributed by atoms with Crippen LogP contribution in [0.3, 0.4) is 0 Å². The van der Waals surface area contributed by atoms with Gasteiger partial charge in [0.25, 0.3) is 0 Å². The summed E-state index contributed by atoms with van der Waals surface area (Å²) in [6, 6.07) is 2.41. The van der Waals surface area contributed by atoms with Crippen molar-refractivity contribution in [2.24, 2.45) is 0 Å². The normalized spacial score (nSPS) is 12.9. The maximum atomic E-state index is 4.39. The van der Waals surface area contributed by atoms with Crippen molar-refractivity contribution < 1.29 is 0 Å². The van der Waals surface area contributed by atoms with Crippen LogP contribution in [0.4, 0.5) is 0 Å². The van der Waals surface area contributed by atoms with Gasteiger partial charge in [-0.1, -0.05) is 6.92 Å². The molecule has 0 saturated carbocycles. The quantitative estimate of drug-likeness (QED) is 0.794. The summed E-state index contributed by atoms with van der Waals surface area (Å²) in [6.45, 7) is 5.17. The van der Waals surface area contributed by atoms with Crippen LogP contribution in [0, 0.1) is 6.92 Å². The van der Waals surface area contributed by atoms with Gasteiger partial charge in [0.05, 0.1) is 24.0 Å². The number of nitrogens with zero attached hydrogens (tertiary/aromatic N) is 3. The summed E-state index contributed by atoms with van der Waals surface area (Å²) in [5.41, 5.74) is 3.52. The number of thiophene rings is 1. The molecule has 3 heterocycles. The van der Waals surface area contributed by atoms with Gasteiger partial charge in [0.15, 0.2) is 0 Å². The third-order valence-electron chi connectivity index (χ3n) is 3.16.